The summed E-state index contributed by atoms with van der Waals surface area (Å²) < 4.78 is 10.2. The second kappa shape index (κ2) is 5.29. The van der Waals surface area contributed by atoms with Crippen LogP contribution in [0.4, 0.5) is 0 Å². The number of hydrogen-bond acceptors (Lipinski definition) is 3. The maximum Gasteiger partial charge on any atom is 0.334 e. The Kier molecular flexibility index (Phi) is 5.57. The first-order valence-corrected chi connectivity index (χ1v) is 5.12. The smallest absolute Gasteiger partial charge is 0.334 e. The van der Waals surface area contributed by atoms with Crippen molar-refractivity contribution in [1.82, 2.24) is 0 Å². The summed E-state index contributed by atoms with van der Waals surface area (Å²) in [5.74, 6) is 0. The molecule has 2 nitrogen and oxygen atoms in total. The highest BCUT2D eigenvalue weighted by Gasteiger charge is 2.17. The lowest BCUT2D eigenvalue weighted by Crippen LogP contribution is -2.30. The molecule has 1 atom stereocenters. The molecule has 56 valence electrons. The summed E-state index contributed by atoms with van der Waals surface area (Å²) in [7, 11) is 1.94. The van der Waals surface area contributed by atoms with Crippen LogP contribution in [0.25, 0.3) is 0 Å². The predicted molar refractivity (Wildman–Crippen MR) is 44.2 cm³/mol. The van der Waals surface area contributed by atoms with E-state index in [-0.39, 0.29) is 0 Å². The third-order valence-corrected chi connectivity index (χ3v) is 4.32. The molecule has 0 aliphatic heterocycles. The molecule has 0 aromatic rings. The average Bonchev–Trinajstić information content (AvgIpc) is 1.90. The summed E-state index contributed by atoms with van der Waals surface area (Å²) in [6.45, 7) is 2.08. The molecule has 4 heteroatoms. The second-order valence-electron chi connectivity index (χ2n) is 1.82. The SMILES string of the molecule is CCC(S)[SiH](OC)OC. The first-order valence-electron chi connectivity index (χ1n) is 2.99. The van der Waals surface area contributed by atoms with Crippen LogP contribution in [0, 0.1) is 0 Å². The zero-order valence-corrected chi connectivity index (χ0v) is 8.17. The zero-order chi connectivity index (χ0) is 7.28. The lowest BCUT2D eigenvalue weighted by molar-refractivity contribution is 0.275. The molecule has 1 unspecified atom stereocenters. The van der Waals surface area contributed by atoms with Gasteiger partial charge in [0.15, 0.2) is 0 Å². The van der Waals surface area contributed by atoms with Gasteiger partial charge < -0.3 is 8.85 Å². The van der Waals surface area contributed by atoms with Crippen molar-refractivity contribution in [3.8, 4) is 0 Å². The third kappa shape index (κ3) is 3.25. The standard InChI is InChI=1S/C5H14O2SSi/c1-4-5(8)9(6-2)7-3/h5,8-9H,4H2,1-3H3. The monoisotopic (exact) mass is 166 g/mol. The molecule has 0 aromatic carbocycles. The van der Waals surface area contributed by atoms with Gasteiger partial charge in [-0.2, -0.15) is 12.6 Å². The van der Waals surface area contributed by atoms with Crippen molar-refractivity contribution in [3.63, 3.8) is 0 Å². The van der Waals surface area contributed by atoms with E-state index in [1.807, 2.05) is 0 Å². The van der Waals surface area contributed by atoms with Gasteiger partial charge in [-0.15, -0.1) is 0 Å². The molecule has 0 rings (SSSR count). The van der Waals surface area contributed by atoms with Gasteiger partial charge in [-0.1, -0.05) is 6.92 Å². The van der Waals surface area contributed by atoms with Crippen molar-refractivity contribution in [2.75, 3.05) is 14.2 Å². The summed E-state index contributed by atoms with van der Waals surface area (Å²) >= 11 is 4.30. The van der Waals surface area contributed by atoms with E-state index in [0.717, 1.165) is 6.42 Å². The van der Waals surface area contributed by atoms with E-state index in [1.165, 1.54) is 0 Å². The van der Waals surface area contributed by atoms with Crippen molar-refractivity contribution in [1.29, 1.82) is 0 Å². The van der Waals surface area contributed by atoms with Crippen LogP contribution >= 0.6 is 12.6 Å². The fourth-order valence-corrected chi connectivity index (χ4v) is 2.54. The number of rotatable bonds is 4. The first-order chi connectivity index (χ1) is 4.26. The molecule has 0 N–H and O–H groups in total. The summed E-state index contributed by atoms with van der Waals surface area (Å²) in [6.07, 6.45) is 1.02. The predicted octanol–water partition coefficient (Wildman–Crippen LogP) is 0.747. The molecule has 0 saturated heterocycles. The highest BCUT2D eigenvalue weighted by atomic mass is 32.1. The minimum Gasteiger partial charge on any atom is -0.399 e. The Morgan fingerprint density at radius 2 is 1.89 bits per heavy atom. The third-order valence-electron chi connectivity index (χ3n) is 1.20. The maximum absolute atomic E-state index is 5.09. The Balaban J connectivity index is 3.50. The van der Waals surface area contributed by atoms with Crippen LogP contribution < -0.4 is 0 Å². The minimum absolute atomic E-state index is 0.319. The Bertz CT molecular complexity index is 68.0. The molecule has 0 aliphatic carbocycles. The van der Waals surface area contributed by atoms with Crippen LogP contribution in [0.15, 0.2) is 0 Å². The zero-order valence-electron chi connectivity index (χ0n) is 6.13. The molecule has 0 aromatic heterocycles. The Morgan fingerprint density at radius 1 is 1.44 bits per heavy atom. The molecular weight excluding hydrogens is 152 g/mol. The van der Waals surface area contributed by atoms with Crippen LogP contribution in [0.1, 0.15) is 13.3 Å². The van der Waals surface area contributed by atoms with Gasteiger partial charge in [0.25, 0.3) is 0 Å². The van der Waals surface area contributed by atoms with Crippen LogP contribution in [-0.2, 0) is 8.85 Å². The molecule has 0 radical (unpaired) electrons. The molecule has 0 bridgehead atoms. The van der Waals surface area contributed by atoms with Gasteiger partial charge in [0.2, 0.25) is 0 Å². The fraction of sp³-hybridized carbons (Fsp3) is 1.00. The summed E-state index contributed by atoms with van der Waals surface area (Å²) in [6, 6.07) is 0. The first kappa shape index (κ1) is 9.49. The van der Waals surface area contributed by atoms with Crippen molar-refractivity contribution >= 4 is 21.9 Å². The fourth-order valence-electron chi connectivity index (χ4n) is 0.603. The Morgan fingerprint density at radius 3 is 2.00 bits per heavy atom. The second-order valence-corrected chi connectivity index (χ2v) is 5.52. The van der Waals surface area contributed by atoms with Crippen molar-refractivity contribution in [2.24, 2.45) is 0 Å². The molecule has 9 heavy (non-hydrogen) atoms. The van der Waals surface area contributed by atoms with E-state index in [2.05, 4.69) is 19.6 Å². The van der Waals surface area contributed by atoms with E-state index in [0.29, 0.717) is 4.87 Å². The molecule has 0 heterocycles. The summed E-state index contributed by atoms with van der Waals surface area (Å²) in [4.78, 5) is 0.319. The molecule has 0 amide bonds. The van der Waals surface area contributed by atoms with Gasteiger partial charge in [0, 0.05) is 19.1 Å². The molecule has 0 spiro atoms. The van der Waals surface area contributed by atoms with Gasteiger partial charge in [-0.3, -0.25) is 0 Å². The average molecular weight is 166 g/mol. The molecule has 0 aliphatic rings. The van der Waals surface area contributed by atoms with Gasteiger partial charge in [0.05, 0.1) is 0 Å². The van der Waals surface area contributed by atoms with Crippen molar-refractivity contribution in [2.45, 2.75) is 18.2 Å². The Labute approximate surface area is 63.8 Å². The van der Waals surface area contributed by atoms with Crippen LogP contribution in [0.2, 0.25) is 0 Å². The highest BCUT2D eigenvalue weighted by Crippen LogP contribution is 2.05. The molecule has 0 saturated carbocycles. The lowest BCUT2D eigenvalue weighted by Gasteiger charge is -2.15. The van der Waals surface area contributed by atoms with Crippen LogP contribution in [-0.4, -0.2) is 28.4 Å². The minimum atomic E-state index is -1.42. The van der Waals surface area contributed by atoms with E-state index in [1.54, 1.807) is 14.2 Å². The summed E-state index contributed by atoms with van der Waals surface area (Å²) in [5.41, 5.74) is 0. The normalized spacial score (nSPS) is 14.3. The van der Waals surface area contributed by atoms with Crippen LogP contribution in [0.5, 0.6) is 0 Å². The number of hydrogen-bond donors (Lipinski definition) is 1. The van der Waals surface area contributed by atoms with Crippen molar-refractivity contribution in [3.05, 3.63) is 0 Å². The largest absolute Gasteiger partial charge is 0.399 e. The van der Waals surface area contributed by atoms with E-state index in [4.69, 9.17) is 8.85 Å². The number of thiol groups is 1. The molecule has 0 fully saturated rings. The van der Waals surface area contributed by atoms with Gasteiger partial charge in [0.1, 0.15) is 0 Å². The summed E-state index contributed by atoms with van der Waals surface area (Å²) in [5, 5.41) is 0. The highest BCUT2D eigenvalue weighted by molar-refractivity contribution is 7.82. The Hall–Kier alpha value is 0.487. The maximum atomic E-state index is 5.09. The van der Waals surface area contributed by atoms with Gasteiger partial charge in [-0.05, 0) is 6.42 Å². The van der Waals surface area contributed by atoms with E-state index >= 15 is 0 Å². The van der Waals surface area contributed by atoms with Gasteiger partial charge in [-0.25, -0.2) is 0 Å². The van der Waals surface area contributed by atoms with E-state index in [9.17, 15) is 0 Å². The lowest BCUT2D eigenvalue weighted by atomic mass is 10.6. The van der Waals surface area contributed by atoms with E-state index < -0.39 is 9.28 Å². The van der Waals surface area contributed by atoms with Gasteiger partial charge >= 0.3 is 9.28 Å². The van der Waals surface area contributed by atoms with Crippen molar-refractivity contribution < 1.29 is 8.85 Å². The van der Waals surface area contributed by atoms with Crippen LogP contribution in [0.3, 0.4) is 0 Å². The quantitative estimate of drug-likeness (QED) is 0.491. The molecular formula is C5H14O2SSi. The topological polar surface area (TPSA) is 18.5 Å².